The molecule has 0 heterocycles. The Hall–Kier alpha value is -2.55. The number of methoxy groups -OCH3 is 1. The molecule has 0 aromatic heterocycles. The molecule has 0 spiro atoms. The summed E-state index contributed by atoms with van der Waals surface area (Å²) < 4.78 is 4.66. The van der Waals surface area contributed by atoms with Gasteiger partial charge in [0.15, 0.2) is 0 Å². The fraction of sp³-hybridized carbons (Fsp3) is 0.167. The first-order chi connectivity index (χ1) is 10.0. The Labute approximate surface area is 124 Å². The van der Waals surface area contributed by atoms with Gasteiger partial charge < -0.3 is 9.84 Å². The number of aromatic hydroxyl groups is 1. The molecule has 0 amide bonds. The molecule has 0 aliphatic rings. The maximum absolute atomic E-state index is 11.3. The van der Waals surface area contributed by atoms with Gasteiger partial charge in [-0.3, -0.25) is 0 Å². The molecule has 0 aliphatic heterocycles. The second-order valence-corrected chi connectivity index (χ2v) is 4.95. The Morgan fingerprint density at radius 2 is 1.52 bits per heavy atom. The van der Waals surface area contributed by atoms with Gasteiger partial charge in [-0.05, 0) is 60.4 Å². The van der Waals surface area contributed by atoms with Crippen LogP contribution in [0.25, 0.3) is 12.2 Å². The topological polar surface area (TPSA) is 46.5 Å². The van der Waals surface area contributed by atoms with Crippen LogP contribution < -0.4 is 0 Å². The standard InChI is InChI=1S/C18H18O3/c1-12-10-15(11-13(2)17(12)19)5-4-14-6-8-16(9-7-14)18(20)21-3/h4-11,19H,1-3H3/b5-4+. The molecule has 3 heteroatoms. The highest BCUT2D eigenvalue weighted by Crippen LogP contribution is 2.24. The predicted octanol–water partition coefficient (Wildman–Crippen LogP) is 3.97. The molecule has 0 unspecified atom stereocenters. The molecule has 2 aromatic rings. The molecular formula is C18H18O3. The number of phenols is 1. The average Bonchev–Trinajstić information content (AvgIpc) is 2.50. The first kappa shape index (κ1) is 14.9. The van der Waals surface area contributed by atoms with Crippen LogP contribution in [-0.4, -0.2) is 18.2 Å². The molecule has 3 nitrogen and oxygen atoms in total. The van der Waals surface area contributed by atoms with Crippen LogP contribution in [0, 0.1) is 13.8 Å². The zero-order chi connectivity index (χ0) is 15.4. The highest BCUT2D eigenvalue weighted by atomic mass is 16.5. The molecule has 108 valence electrons. The van der Waals surface area contributed by atoms with Crippen molar-refractivity contribution in [2.24, 2.45) is 0 Å². The van der Waals surface area contributed by atoms with Gasteiger partial charge in [-0.1, -0.05) is 24.3 Å². The third kappa shape index (κ3) is 3.51. The van der Waals surface area contributed by atoms with E-state index in [2.05, 4.69) is 4.74 Å². The number of benzene rings is 2. The van der Waals surface area contributed by atoms with Crippen LogP contribution in [0.4, 0.5) is 0 Å². The summed E-state index contributed by atoms with van der Waals surface area (Å²) in [5.41, 5.74) is 4.27. The number of hydrogen-bond donors (Lipinski definition) is 1. The maximum Gasteiger partial charge on any atom is 0.337 e. The number of esters is 1. The molecule has 0 aliphatic carbocycles. The van der Waals surface area contributed by atoms with E-state index < -0.39 is 0 Å². The monoisotopic (exact) mass is 282 g/mol. The van der Waals surface area contributed by atoms with E-state index in [-0.39, 0.29) is 5.97 Å². The highest BCUT2D eigenvalue weighted by molar-refractivity contribution is 5.89. The van der Waals surface area contributed by atoms with E-state index in [1.165, 1.54) is 7.11 Å². The molecule has 0 bridgehead atoms. The summed E-state index contributed by atoms with van der Waals surface area (Å²) in [6.07, 6.45) is 3.94. The van der Waals surface area contributed by atoms with E-state index in [1.54, 1.807) is 12.1 Å². The number of aryl methyl sites for hydroxylation is 2. The van der Waals surface area contributed by atoms with Crippen molar-refractivity contribution in [2.75, 3.05) is 7.11 Å². The minimum Gasteiger partial charge on any atom is -0.507 e. The minimum absolute atomic E-state index is 0.338. The van der Waals surface area contributed by atoms with Crippen LogP contribution >= 0.6 is 0 Å². The lowest BCUT2D eigenvalue weighted by Gasteiger charge is -2.04. The van der Waals surface area contributed by atoms with Gasteiger partial charge in [-0.2, -0.15) is 0 Å². The predicted molar refractivity (Wildman–Crippen MR) is 84.3 cm³/mol. The molecule has 2 aromatic carbocycles. The highest BCUT2D eigenvalue weighted by Gasteiger charge is 2.03. The Bertz CT molecular complexity index is 659. The Morgan fingerprint density at radius 1 is 1.00 bits per heavy atom. The fourth-order valence-electron chi connectivity index (χ4n) is 2.13. The van der Waals surface area contributed by atoms with Crippen molar-refractivity contribution in [3.05, 3.63) is 64.2 Å². The number of carbonyl (C=O) groups excluding carboxylic acids is 1. The summed E-state index contributed by atoms with van der Waals surface area (Å²) in [4.78, 5) is 11.3. The van der Waals surface area contributed by atoms with Gasteiger partial charge in [-0.15, -0.1) is 0 Å². The van der Waals surface area contributed by atoms with Gasteiger partial charge in [0.2, 0.25) is 0 Å². The number of phenolic OH excluding ortho intramolecular Hbond substituents is 1. The molecule has 0 radical (unpaired) electrons. The number of ether oxygens (including phenoxy) is 1. The molecule has 2 rings (SSSR count). The summed E-state index contributed by atoms with van der Waals surface area (Å²) in [6.45, 7) is 3.76. The van der Waals surface area contributed by atoms with Crippen molar-refractivity contribution in [3.8, 4) is 5.75 Å². The van der Waals surface area contributed by atoms with Gasteiger partial charge in [0.1, 0.15) is 5.75 Å². The van der Waals surface area contributed by atoms with Gasteiger partial charge in [0.05, 0.1) is 12.7 Å². The zero-order valence-electron chi connectivity index (χ0n) is 12.4. The van der Waals surface area contributed by atoms with Crippen LogP contribution in [-0.2, 0) is 4.74 Å². The van der Waals surface area contributed by atoms with Crippen LogP contribution in [0.3, 0.4) is 0 Å². The average molecular weight is 282 g/mol. The Balaban J connectivity index is 2.20. The molecule has 0 atom stereocenters. The lowest BCUT2D eigenvalue weighted by molar-refractivity contribution is 0.0600. The normalized spacial score (nSPS) is 10.8. The van der Waals surface area contributed by atoms with Gasteiger partial charge in [0.25, 0.3) is 0 Å². The largest absolute Gasteiger partial charge is 0.507 e. The van der Waals surface area contributed by atoms with E-state index >= 15 is 0 Å². The smallest absolute Gasteiger partial charge is 0.337 e. The second kappa shape index (κ2) is 6.27. The first-order valence-electron chi connectivity index (χ1n) is 6.68. The maximum atomic E-state index is 11.3. The summed E-state index contributed by atoms with van der Waals surface area (Å²) in [5, 5.41) is 9.75. The number of carbonyl (C=O) groups is 1. The minimum atomic E-state index is -0.338. The second-order valence-electron chi connectivity index (χ2n) is 4.95. The van der Waals surface area contributed by atoms with E-state index in [4.69, 9.17) is 0 Å². The lowest BCUT2D eigenvalue weighted by Crippen LogP contribution is -2.00. The van der Waals surface area contributed by atoms with Crippen molar-refractivity contribution in [3.63, 3.8) is 0 Å². The summed E-state index contributed by atoms with van der Waals surface area (Å²) in [6, 6.07) is 11.1. The number of hydrogen-bond acceptors (Lipinski definition) is 3. The summed E-state index contributed by atoms with van der Waals surface area (Å²) >= 11 is 0. The summed E-state index contributed by atoms with van der Waals surface area (Å²) in [5.74, 6) is 0.00453. The SMILES string of the molecule is COC(=O)c1ccc(/C=C/c2cc(C)c(O)c(C)c2)cc1. The van der Waals surface area contributed by atoms with Crippen molar-refractivity contribution >= 4 is 18.1 Å². The van der Waals surface area contributed by atoms with E-state index in [1.807, 2.05) is 50.3 Å². The third-order valence-electron chi connectivity index (χ3n) is 3.31. The van der Waals surface area contributed by atoms with E-state index in [9.17, 15) is 9.90 Å². The zero-order valence-corrected chi connectivity index (χ0v) is 12.4. The van der Waals surface area contributed by atoms with Gasteiger partial charge in [-0.25, -0.2) is 4.79 Å². The molecule has 1 N–H and O–H groups in total. The third-order valence-corrected chi connectivity index (χ3v) is 3.31. The Kier molecular flexibility index (Phi) is 4.43. The van der Waals surface area contributed by atoms with Crippen molar-refractivity contribution < 1.29 is 14.6 Å². The molecular weight excluding hydrogens is 264 g/mol. The Morgan fingerprint density at radius 3 is 2.05 bits per heavy atom. The molecule has 0 saturated heterocycles. The molecule has 0 saturated carbocycles. The van der Waals surface area contributed by atoms with Crippen LogP contribution in [0.1, 0.15) is 32.6 Å². The van der Waals surface area contributed by atoms with Crippen molar-refractivity contribution in [2.45, 2.75) is 13.8 Å². The van der Waals surface area contributed by atoms with Crippen LogP contribution in [0.15, 0.2) is 36.4 Å². The van der Waals surface area contributed by atoms with Crippen molar-refractivity contribution in [1.82, 2.24) is 0 Å². The van der Waals surface area contributed by atoms with Gasteiger partial charge >= 0.3 is 5.97 Å². The van der Waals surface area contributed by atoms with Gasteiger partial charge in [0, 0.05) is 0 Å². The number of rotatable bonds is 3. The lowest BCUT2D eigenvalue weighted by atomic mass is 10.0. The van der Waals surface area contributed by atoms with E-state index in [0.717, 1.165) is 22.3 Å². The van der Waals surface area contributed by atoms with Crippen LogP contribution in [0.5, 0.6) is 5.75 Å². The molecule has 21 heavy (non-hydrogen) atoms. The fourth-order valence-corrected chi connectivity index (χ4v) is 2.13. The van der Waals surface area contributed by atoms with Crippen molar-refractivity contribution in [1.29, 1.82) is 0 Å². The summed E-state index contributed by atoms with van der Waals surface area (Å²) in [7, 11) is 1.37. The van der Waals surface area contributed by atoms with Crippen LogP contribution in [0.2, 0.25) is 0 Å². The first-order valence-corrected chi connectivity index (χ1v) is 6.68. The van der Waals surface area contributed by atoms with E-state index in [0.29, 0.717) is 11.3 Å². The quantitative estimate of drug-likeness (QED) is 0.684. The molecule has 0 fully saturated rings.